The number of hydrogen-bond donors (Lipinski definition) is 0. The molecule has 3 fully saturated rings. The SMILES string of the molecule is O=C1[C@@H]2[C@@H]3C=C[C@H]([C@H]4C[C@H]34)[C@@H]2C(=O)N1/N=C\c1cc2c(cc1Cl)OCO2. The number of allylic oxidation sites excluding steroid dienone is 2. The molecule has 0 unspecified atom stereocenters. The van der Waals surface area contributed by atoms with Gasteiger partial charge in [-0.3, -0.25) is 9.59 Å². The van der Waals surface area contributed by atoms with Crippen LogP contribution < -0.4 is 9.47 Å². The highest BCUT2D eigenvalue weighted by molar-refractivity contribution is 6.33. The summed E-state index contributed by atoms with van der Waals surface area (Å²) in [7, 11) is 0. The van der Waals surface area contributed by atoms with Crippen LogP contribution in [0.2, 0.25) is 5.02 Å². The molecule has 1 aromatic carbocycles. The van der Waals surface area contributed by atoms with E-state index in [9.17, 15) is 9.59 Å². The Balaban J connectivity index is 1.32. The lowest BCUT2D eigenvalue weighted by molar-refractivity contribution is -0.140. The first-order valence-electron chi connectivity index (χ1n) is 8.83. The molecule has 6 atom stereocenters. The fourth-order valence-electron chi connectivity index (χ4n) is 5.21. The Bertz CT molecular complexity index is 890. The van der Waals surface area contributed by atoms with Gasteiger partial charge in [-0.1, -0.05) is 23.8 Å². The number of hydrogen-bond acceptors (Lipinski definition) is 5. The average molecular weight is 371 g/mol. The third-order valence-corrected chi connectivity index (χ3v) is 6.77. The molecule has 0 aromatic heterocycles. The van der Waals surface area contributed by atoms with Gasteiger partial charge in [-0.15, -0.1) is 0 Å². The van der Waals surface area contributed by atoms with Crippen molar-refractivity contribution in [1.82, 2.24) is 5.01 Å². The van der Waals surface area contributed by atoms with Crippen molar-refractivity contribution in [3.8, 4) is 11.5 Å². The first-order valence-corrected chi connectivity index (χ1v) is 9.20. The van der Waals surface area contributed by atoms with Crippen molar-refractivity contribution in [3.05, 3.63) is 34.9 Å². The van der Waals surface area contributed by atoms with E-state index in [-0.39, 0.29) is 42.3 Å². The Morgan fingerprint density at radius 2 is 1.65 bits per heavy atom. The molecule has 2 heterocycles. The molecule has 6 nitrogen and oxygen atoms in total. The summed E-state index contributed by atoms with van der Waals surface area (Å²) >= 11 is 6.24. The summed E-state index contributed by atoms with van der Waals surface area (Å²) in [5, 5.41) is 5.68. The molecule has 2 amide bonds. The van der Waals surface area contributed by atoms with E-state index in [0.29, 0.717) is 33.9 Å². The largest absolute Gasteiger partial charge is 0.454 e. The third kappa shape index (κ3) is 1.80. The number of fused-ring (bicyclic) bond motifs is 1. The number of rotatable bonds is 2. The minimum Gasteiger partial charge on any atom is -0.454 e. The summed E-state index contributed by atoms with van der Waals surface area (Å²) in [5.74, 6) is 1.85. The third-order valence-electron chi connectivity index (χ3n) is 6.44. The molecule has 0 radical (unpaired) electrons. The summed E-state index contributed by atoms with van der Waals surface area (Å²) < 4.78 is 10.6. The Kier molecular flexibility index (Phi) is 2.78. The number of ether oxygens (including phenoxy) is 2. The molecule has 1 aromatic rings. The van der Waals surface area contributed by atoms with Gasteiger partial charge in [-0.05, 0) is 36.2 Å². The summed E-state index contributed by atoms with van der Waals surface area (Å²) in [6, 6.07) is 3.35. The van der Waals surface area contributed by atoms with Crippen LogP contribution in [-0.4, -0.2) is 29.8 Å². The fourth-order valence-corrected chi connectivity index (χ4v) is 5.41. The number of benzene rings is 1. The number of imide groups is 1. The summed E-state index contributed by atoms with van der Waals surface area (Å²) in [6.07, 6.45) is 6.89. The van der Waals surface area contributed by atoms with E-state index in [1.807, 2.05) is 0 Å². The molecule has 0 N–H and O–H groups in total. The second kappa shape index (κ2) is 4.88. The molecule has 7 heteroatoms. The molecule has 2 saturated carbocycles. The summed E-state index contributed by atoms with van der Waals surface area (Å²) in [6.45, 7) is 0.150. The monoisotopic (exact) mass is 370 g/mol. The van der Waals surface area contributed by atoms with Crippen LogP contribution in [0.4, 0.5) is 0 Å². The topological polar surface area (TPSA) is 68.2 Å². The van der Waals surface area contributed by atoms with Crippen LogP contribution in [0.15, 0.2) is 29.4 Å². The molecule has 1 saturated heterocycles. The molecule has 6 aliphatic rings. The molecule has 4 aliphatic carbocycles. The second-order valence-electron chi connectivity index (χ2n) is 7.61. The first kappa shape index (κ1) is 14.8. The second-order valence-corrected chi connectivity index (χ2v) is 8.02. The number of carbonyl (C=O) groups excluding carboxylic acids is 2. The number of hydrazone groups is 1. The maximum Gasteiger partial charge on any atom is 0.254 e. The van der Waals surface area contributed by atoms with Gasteiger partial charge in [0.2, 0.25) is 6.79 Å². The predicted molar refractivity (Wildman–Crippen MR) is 91.7 cm³/mol. The molecule has 0 spiro atoms. The van der Waals surface area contributed by atoms with E-state index in [4.69, 9.17) is 21.1 Å². The normalized spacial score (nSPS) is 38.3. The van der Waals surface area contributed by atoms with Crippen LogP contribution in [0.5, 0.6) is 11.5 Å². The van der Waals surface area contributed by atoms with E-state index in [1.54, 1.807) is 12.1 Å². The minimum atomic E-state index is -0.245. The molecular weight excluding hydrogens is 356 g/mol. The maximum atomic E-state index is 12.9. The van der Waals surface area contributed by atoms with Crippen molar-refractivity contribution < 1.29 is 19.1 Å². The Labute approximate surface area is 154 Å². The van der Waals surface area contributed by atoms with Gasteiger partial charge in [0.1, 0.15) is 0 Å². The standard InChI is InChI=1S/C19H15ClN2O4/c20-13-5-15-14(25-7-26-15)3-8(13)6-21-22-18(23)16-9-1-2-10(12-4-11(9)12)17(16)19(22)24/h1-3,5-6,9-12,16-17H,4,7H2/b21-6-/t9-,10-,11-,12-,16-,17+/m1/s1. The van der Waals surface area contributed by atoms with Crippen molar-refractivity contribution in [2.45, 2.75) is 6.42 Å². The number of nitrogens with zero attached hydrogens (tertiary/aromatic N) is 2. The van der Waals surface area contributed by atoms with Crippen molar-refractivity contribution in [3.63, 3.8) is 0 Å². The first-order chi connectivity index (χ1) is 12.6. The summed E-state index contributed by atoms with van der Waals surface area (Å²) in [5.41, 5.74) is 0.579. The van der Waals surface area contributed by atoms with Crippen molar-refractivity contribution in [2.75, 3.05) is 6.79 Å². The van der Waals surface area contributed by atoms with Crippen LogP contribution in [0, 0.1) is 35.5 Å². The highest BCUT2D eigenvalue weighted by atomic mass is 35.5. The van der Waals surface area contributed by atoms with E-state index in [1.165, 1.54) is 6.21 Å². The van der Waals surface area contributed by atoms with Crippen LogP contribution in [-0.2, 0) is 9.59 Å². The van der Waals surface area contributed by atoms with Crippen LogP contribution in [0.3, 0.4) is 0 Å². The zero-order valence-electron chi connectivity index (χ0n) is 13.7. The quantitative estimate of drug-likeness (QED) is 0.455. The smallest absolute Gasteiger partial charge is 0.254 e. The predicted octanol–water partition coefficient (Wildman–Crippen LogP) is 2.46. The number of amides is 2. The van der Waals surface area contributed by atoms with E-state index in [0.717, 1.165) is 11.4 Å². The van der Waals surface area contributed by atoms with Gasteiger partial charge < -0.3 is 9.47 Å². The van der Waals surface area contributed by atoms with Crippen LogP contribution >= 0.6 is 11.6 Å². The Morgan fingerprint density at radius 1 is 1.04 bits per heavy atom. The van der Waals surface area contributed by atoms with E-state index < -0.39 is 0 Å². The molecular formula is C19H15ClN2O4. The van der Waals surface area contributed by atoms with Crippen molar-refractivity contribution >= 4 is 29.6 Å². The van der Waals surface area contributed by atoms with Crippen molar-refractivity contribution in [2.24, 2.45) is 40.6 Å². The summed E-state index contributed by atoms with van der Waals surface area (Å²) in [4.78, 5) is 25.8. The lowest BCUT2D eigenvalue weighted by Crippen LogP contribution is -2.40. The van der Waals surface area contributed by atoms with E-state index >= 15 is 0 Å². The number of carbonyl (C=O) groups is 2. The van der Waals surface area contributed by atoms with Gasteiger partial charge in [0, 0.05) is 11.6 Å². The lowest BCUT2D eigenvalue weighted by Gasteiger charge is -2.37. The molecule has 2 aliphatic heterocycles. The maximum absolute atomic E-state index is 12.9. The van der Waals surface area contributed by atoms with Gasteiger partial charge in [-0.2, -0.15) is 10.1 Å². The van der Waals surface area contributed by atoms with Crippen molar-refractivity contribution in [1.29, 1.82) is 0 Å². The highest BCUT2D eigenvalue weighted by Crippen LogP contribution is 2.65. The number of halogens is 1. The fraction of sp³-hybridized carbons (Fsp3) is 0.421. The Hall–Kier alpha value is -2.34. The Morgan fingerprint density at radius 3 is 2.31 bits per heavy atom. The van der Waals surface area contributed by atoms with Gasteiger partial charge >= 0.3 is 0 Å². The van der Waals surface area contributed by atoms with Gasteiger partial charge in [0.25, 0.3) is 11.8 Å². The molecule has 7 rings (SSSR count). The van der Waals surface area contributed by atoms with Gasteiger partial charge in [-0.25, -0.2) is 0 Å². The van der Waals surface area contributed by atoms with Crippen LogP contribution in [0.25, 0.3) is 0 Å². The molecule has 2 bridgehead atoms. The molecule has 132 valence electrons. The van der Waals surface area contributed by atoms with E-state index in [2.05, 4.69) is 17.3 Å². The zero-order chi connectivity index (χ0) is 17.6. The minimum absolute atomic E-state index is 0.150. The lowest BCUT2D eigenvalue weighted by atomic mass is 9.63. The molecule has 26 heavy (non-hydrogen) atoms. The van der Waals surface area contributed by atoms with Gasteiger partial charge in [0.05, 0.1) is 23.1 Å². The van der Waals surface area contributed by atoms with Crippen LogP contribution in [0.1, 0.15) is 12.0 Å². The average Bonchev–Trinajstić information content (AvgIpc) is 3.29. The zero-order valence-corrected chi connectivity index (χ0v) is 14.4. The van der Waals surface area contributed by atoms with Gasteiger partial charge in [0.15, 0.2) is 11.5 Å². The highest BCUT2D eigenvalue weighted by Gasteiger charge is 2.67.